The third kappa shape index (κ3) is 3.90. The molecule has 11 heteroatoms. The lowest BCUT2D eigenvalue weighted by Gasteiger charge is -2.15. The molecule has 0 saturated heterocycles. The van der Waals surface area contributed by atoms with Crippen LogP contribution in [-0.2, 0) is 32.2 Å². The molecule has 4 heterocycles. The second kappa shape index (κ2) is 8.77. The van der Waals surface area contributed by atoms with Crippen molar-refractivity contribution in [2.24, 2.45) is 13.0 Å². The lowest BCUT2D eigenvalue weighted by Crippen LogP contribution is -2.39. The minimum Gasteiger partial charge on any atom is -0.309 e. The molecule has 0 spiro atoms. The zero-order valence-electron chi connectivity index (χ0n) is 19.6. The van der Waals surface area contributed by atoms with Crippen LogP contribution in [0.3, 0.4) is 0 Å². The molecule has 1 aliphatic carbocycles. The Balaban J connectivity index is 1.58. The standard InChI is InChI=1S/C23H26N6O3S2/c1-11(2)9-29-18-17(22(31)28(4)23(29)32)20(25-12(3)24-18)33-10-15-26-19(30)16-13-7-5-6-8-14(13)34-21(16)27-15/h11H,5-10H2,1-4H3,(H,26,27,30). The van der Waals surface area contributed by atoms with E-state index in [-0.39, 0.29) is 11.5 Å². The molecule has 4 aromatic heterocycles. The Morgan fingerprint density at radius 3 is 2.62 bits per heavy atom. The summed E-state index contributed by atoms with van der Waals surface area (Å²) in [6.07, 6.45) is 4.19. The van der Waals surface area contributed by atoms with Gasteiger partial charge in [-0.05, 0) is 44.1 Å². The SMILES string of the molecule is Cc1nc(SCc2nc3sc4c(c3c(=O)[nH]2)CCCC4)c2c(=O)n(C)c(=O)n(CC(C)C)c2n1. The van der Waals surface area contributed by atoms with Gasteiger partial charge in [0, 0.05) is 18.5 Å². The number of hydrogen-bond donors (Lipinski definition) is 1. The summed E-state index contributed by atoms with van der Waals surface area (Å²) < 4.78 is 2.65. The molecular formula is C23H26N6O3S2. The first-order valence-electron chi connectivity index (χ1n) is 11.4. The molecule has 0 aliphatic heterocycles. The summed E-state index contributed by atoms with van der Waals surface area (Å²) in [5.41, 5.74) is 0.581. The van der Waals surface area contributed by atoms with Crippen molar-refractivity contribution in [2.75, 3.05) is 0 Å². The summed E-state index contributed by atoms with van der Waals surface area (Å²) >= 11 is 2.93. The van der Waals surface area contributed by atoms with E-state index >= 15 is 0 Å². The van der Waals surface area contributed by atoms with Gasteiger partial charge in [0.15, 0.2) is 5.65 Å². The topological polar surface area (TPSA) is 116 Å². The summed E-state index contributed by atoms with van der Waals surface area (Å²) in [6, 6.07) is 0. The van der Waals surface area contributed by atoms with Crippen molar-refractivity contribution >= 4 is 44.3 Å². The largest absolute Gasteiger partial charge is 0.332 e. The van der Waals surface area contributed by atoms with Gasteiger partial charge in [-0.3, -0.25) is 18.7 Å². The summed E-state index contributed by atoms with van der Waals surface area (Å²) in [5, 5.41) is 1.52. The fourth-order valence-corrected chi connectivity index (χ4v) is 6.70. The van der Waals surface area contributed by atoms with E-state index in [2.05, 4.69) is 15.0 Å². The molecule has 178 valence electrons. The summed E-state index contributed by atoms with van der Waals surface area (Å²) in [6.45, 7) is 6.20. The Morgan fingerprint density at radius 1 is 1.09 bits per heavy atom. The number of hydrogen-bond acceptors (Lipinski definition) is 8. The normalized spacial score (nSPS) is 13.8. The van der Waals surface area contributed by atoms with Crippen LogP contribution in [0.15, 0.2) is 19.4 Å². The number of nitrogens with zero attached hydrogens (tertiary/aromatic N) is 5. The van der Waals surface area contributed by atoms with Gasteiger partial charge in [-0.1, -0.05) is 25.6 Å². The number of aromatic amines is 1. The van der Waals surface area contributed by atoms with Crippen LogP contribution in [-0.4, -0.2) is 29.1 Å². The highest BCUT2D eigenvalue weighted by molar-refractivity contribution is 7.98. The smallest absolute Gasteiger partial charge is 0.309 e. The van der Waals surface area contributed by atoms with Crippen molar-refractivity contribution in [3.63, 3.8) is 0 Å². The van der Waals surface area contributed by atoms with E-state index in [1.165, 1.54) is 23.7 Å². The first kappa shape index (κ1) is 23.0. The van der Waals surface area contributed by atoms with Crippen molar-refractivity contribution < 1.29 is 0 Å². The highest BCUT2D eigenvalue weighted by atomic mass is 32.2. The molecule has 0 amide bonds. The van der Waals surface area contributed by atoms with Gasteiger partial charge in [0.1, 0.15) is 26.9 Å². The second-order valence-electron chi connectivity index (χ2n) is 9.12. The maximum Gasteiger partial charge on any atom is 0.332 e. The average Bonchev–Trinajstić information content (AvgIpc) is 3.17. The fraction of sp³-hybridized carbons (Fsp3) is 0.478. The maximum absolute atomic E-state index is 13.1. The lowest BCUT2D eigenvalue weighted by molar-refractivity contribution is 0.498. The number of thioether (sulfide) groups is 1. The van der Waals surface area contributed by atoms with Gasteiger partial charge in [0.05, 0.1) is 11.1 Å². The number of nitrogens with one attached hydrogen (secondary N) is 1. The molecule has 1 aliphatic rings. The maximum atomic E-state index is 13.1. The Kier molecular flexibility index (Phi) is 5.93. The van der Waals surface area contributed by atoms with E-state index in [1.54, 1.807) is 22.8 Å². The van der Waals surface area contributed by atoms with Crippen molar-refractivity contribution in [3.8, 4) is 0 Å². The quantitative estimate of drug-likeness (QED) is 0.332. The van der Waals surface area contributed by atoms with E-state index in [0.29, 0.717) is 40.0 Å². The van der Waals surface area contributed by atoms with Gasteiger partial charge in [-0.2, -0.15) is 0 Å². The van der Waals surface area contributed by atoms with Crippen LogP contribution < -0.4 is 16.8 Å². The summed E-state index contributed by atoms with van der Waals surface area (Å²) in [4.78, 5) is 57.4. The lowest BCUT2D eigenvalue weighted by atomic mass is 9.97. The van der Waals surface area contributed by atoms with Gasteiger partial charge in [-0.25, -0.2) is 19.7 Å². The number of thiophene rings is 1. The number of fused-ring (bicyclic) bond motifs is 4. The third-order valence-corrected chi connectivity index (χ3v) is 8.20. The van der Waals surface area contributed by atoms with Crippen LogP contribution >= 0.6 is 23.1 Å². The van der Waals surface area contributed by atoms with Crippen LogP contribution in [0.2, 0.25) is 0 Å². The van der Waals surface area contributed by atoms with Crippen molar-refractivity contribution in [2.45, 2.75) is 63.8 Å². The highest BCUT2D eigenvalue weighted by Gasteiger charge is 2.21. The molecule has 5 rings (SSSR count). The molecule has 34 heavy (non-hydrogen) atoms. The van der Waals surface area contributed by atoms with Crippen molar-refractivity contribution in [3.05, 3.63) is 53.3 Å². The second-order valence-corrected chi connectivity index (χ2v) is 11.2. The van der Waals surface area contributed by atoms with Gasteiger partial charge in [0.2, 0.25) is 0 Å². The van der Waals surface area contributed by atoms with Crippen LogP contribution in [0.25, 0.3) is 21.3 Å². The highest BCUT2D eigenvalue weighted by Crippen LogP contribution is 2.34. The molecule has 0 fully saturated rings. The van der Waals surface area contributed by atoms with E-state index in [0.717, 1.165) is 46.0 Å². The molecule has 0 atom stereocenters. The molecule has 0 radical (unpaired) electrons. The van der Waals surface area contributed by atoms with Gasteiger partial charge in [-0.15, -0.1) is 11.3 Å². The zero-order chi connectivity index (χ0) is 24.1. The fourth-order valence-electron chi connectivity index (χ4n) is 4.49. The van der Waals surface area contributed by atoms with Crippen molar-refractivity contribution in [1.29, 1.82) is 0 Å². The van der Waals surface area contributed by atoms with Crippen molar-refractivity contribution in [1.82, 2.24) is 29.1 Å². The summed E-state index contributed by atoms with van der Waals surface area (Å²) in [5.74, 6) is 1.55. The first-order chi connectivity index (χ1) is 16.2. The van der Waals surface area contributed by atoms with Crippen LogP contribution in [0.5, 0.6) is 0 Å². The monoisotopic (exact) mass is 498 g/mol. The number of H-pyrrole nitrogens is 1. The summed E-state index contributed by atoms with van der Waals surface area (Å²) in [7, 11) is 1.47. The van der Waals surface area contributed by atoms with E-state index in [4.69, 9.17) is 4.98 Å². The van der Waals surface area contributed by atoms with Crippen LogP contribution in [0.4, 0.5) is 0 Å². The first-order valence-corrected chi connectivity index (χ1v) is 13.2. The van der Waals surface area contributed by atoms with Gasteiger partial charge in [0.25, 0.3) is 11.1 Å². The number of aromatic nitrogens is 6. The van der Waals surface area contributed by atoms with Crippen LogP contribution in [0, 0.1) is 12.8 Å². The molecule has 0 saturated carbocycles. The van der Waals surface area contributed by atoms with Gasteiger partial charge >= 0.3 is 5.69 Å². The Morgan fingerprint density at radius 2 is 1.85 bits per heavy atom. The van der Waals surface area contributed by atoms with E-state index in [1.807, 2.05) is 13.8 Å². The Hall–Kier alpha value is -2.79. The Bertz CT molecular complexity index is 1610. The molecular weight excluding hydrogens is 472 g/mol. The predicted octanol–water partition coefficient (Wildman–Crippen LogP) is 2.92. The van der Waals surface area contributed by atoms with E-state index < -0.39 is 11.2 Å². The van der Waals surface area contributed by atoms with Crippen LogP contribution in [0.1, 0.15) is 48.8 Å². The molecule has 1 N–H and O–H groups in total. The van der Waals surface area contributed by atoms with E-state index in [9.17, 15) is 14.4 Å². The minimum absolute atomic E-state index is 0.106. The molecule has 0 bridgehead atoms. The molecule has 0 unspecified atom stereocenters. The van der Waals surface area contributed by atoms with Gasteiger partial charge < -0.3 is 4.98 Å². The third-order valence-electron chi connectivity index (χ3n) is 6.03. The Labute approximate surface area is 203 Å². The average molecular weight is 499 g/mol. The molecule has 9 nitrogen and oxygen atoms in total. The number of rotatable bonds is 5. The molecule has 4 aromatic rings. The molecule has 0 aromatic carbocycles. The zero-order valence-corrected chi connectivity index (χ0v) is 21.2. The number of aryl methyl sites for hydroxylation is 3. The predicted molar refractivity (Wildman–Crippen MR) is 135 cm³/mol. The minimum atomic E-state index is -0.426.